The standard InChI is InChI=1S/C12H16O2S.ClH/c1-3-14-12(13)9-10-6-5-7-11(8-10)15-4-2;/h5-8H,3-4,9H2,1-2H3;1H. The highest BCUT2D eigenvalue weighted by atomic mass is 35.5. The molecule has 90 valence electrons. The highest BCUT2D eigenvalue weighted by Gasteiger charge is 2.04. The summed E-state index contributed by atoms with van der Waals surface area (Å²) < 4.78 is 4.90. The maximum Gasteiger partial charge on any atom is 0.310 e. The molecular weight excluding hydrogens is 244 g/mol. The zero-order chi connectivity index (χ0) is 11.1. The SMILES string of the molecule is CCOC(=O)Cc1cccc(SCC)c1.Cl. The lowest BCUT2D eigenvalue weighted by Crippen LogP contribution is -2.07. The second-order valence-corrected chi connectivity index (χ2v) is 4.40. The average Bonchev–Trinajstić information content (AvgIpc) is 2.19. The molecule has 0 aromatic heterocycles. The van der Waals surface area contributed by atoms with E-state index in [0.717, 1.165) is 11.3 Å². The molecule has 0 saturated carbocycles. The van der Waals surface area contributed by atoms with E-state index in [-0.39, 0.29) is 18.4 Å². The summed E-state index contributed by atoms with van der Waals surface area (Å²) in [6, 6.07) is 8.04. The molecule has 0 atom stereocenters. The van der Waals surface area contributed by atoms with E-state index in [0.29, 0.717) is 13.0 Å². The number of thioether (sulfide) groups is 1. The maximum atomic E-state index is 11.3. The Morgan fingerprint density at radius 2 is 2.12 bits per heavy atom. The summed E-state index contributed by atoms with van der Waals surface area (Å²) >= 11 is 1.78. The van der Waals surface area contributed by atoms with E-state index in [1.165, 1.54) is 4.90 Å². The van der Waals surface area contributed by atoms with Gasteiger partial charge in [0.15, 0.2) is 0 Å². The minimum Gasteiger partial charge on any atom is -0.466 e. The van der Waals surface area contributed by atoms with E-state index in [4.69, 9.17) is 4.74 Å². The van der Waals surface area contributed by atoms with Crippen LogP contribution in [0.3, 0.4) is 0 Å². The van der Waals surface area contributed by atoms with Crippen LogP contribution in [0.15, 0.2) is 29.2 Å². The van der Waals surface area contributed by atoms with Crippen LogP contribution in [-0.4, -0.2) is 18.3 Å². The lowest BCUT2D eigenvalue weighted by molar-refractivity contribution is -0.142. The molecule has 0 aliphatic heterocycles. The molecule has 0 N–H and O–H groups in total. The van der Waals surface area contributed by atoms with Crippen molar-refractivity contribution in [3.63, 3.8) is 0 Å². The molecule has 0 fully saturated rings. The van der Waals surface area contributed by atoms with Gasteiger partial charge in [-0.2, -0.15) is 0 Å². The summed E-state index contributed by atoms with van der Waals surface area (Å²) in [5, 5.41) is 0. The van der Waals surface area contributed by atoms with Gasteiger partial charge in [0, 0.05) is 4.90 Å². The number of esters is 1. The number of hydrogen-bond donors (Lipinski definition) is 0. The Labute approximate surface area is 107 Å². The van der Waals surface area contributed by atoms with Gasteiger partial charge < -0.3 is 4.74 Å². The van der Waals surface area contributed by atoms with Crippen LogP contribution in [0, 0.1) is 0 Å². The van der Waals surface area contributed by atoms with Crippen LogP contribution >= 0.6 is 24.2 Å². The molecule has 2 nitrogen and oxygen atoms in total. The maximum absolute atomic E-state index is 11.3. The lowest BCUT2D eigenvalue weighted by atomic mass is 10.1. The molecule has 0 amide bonds. The fourth-order valence-corrected chi connectivity index (χ4v) is 2.03. The largest absolute Gasteiger partial charge is 0.466 e. The first-order chi connectivity index (χ1) is 7.26. The third-order valence-electron chi connectivity index (χ3n) is 1.86. The molecule has 0 radical (unpaired) electrons. The van der Waals surface area contributed by atoms with Gasteiger partial charge in [0.05, 0.1) is 13.0 Å². The van der Waals surface area contributed by atoms with E-state index in [2.05, 4.69) is 13.0 Å². The average molecular weight is 261 g/mol. The summed E-state index contributed by atoms with van der Waals surface area (Å²) in [6.45, 7) is 4.38. The lowest BCUT2D eigenvalue weighted by Gasteiger charge is -2.04. The van der Waals surface area contributed by atoms with E-state index < -0.39 is 0 Å². The van der Waals surface area contributed by atoms with Gasteiger partial charge in [0.25, 0.3) is 0 Å². The minimum atomic E-state index is -0.156. The molecule has 0 spiro atoms. The van der Waals surface area contributed by atoms with Crippen molar-refractivity contribution in [3.05, 3.63) is 29.8 Å². The monoisotopic (exact) mass is 260 g/mol. The molecule has 0 heterocycles. The van der Waals surface area contributed by atoms with Gasteiger partial charge in [0.2, 0.25) is 0 Å². The molecule has 16 heavy (non-hydrogen) atoms. The van der Waals surface area contributed by atoms with Crippen LogP contribution in [0.4, 0.5) is 0 Å². The molecule has 1 rings (SSSR count). The molecule has 1 aromatic rings. The third kappa shape index (κ3) is 5.42. The van der Waals surface area contributed by atoms with Crippen molar-refractivity contribution < 1.29 is 9.53 Å². The number of hydrogen-bond acceptors (Lipinski definition) is 3. The van der Waals surface area contributed by atoms with Crippen LogP contribution in [0.2, 0.25) is 0 Å². The number of carbonyl (C=O) groups is 1. The Morgan fingerprint density at radius 3 is 2.75 bits per heavy atom. The first-order valence-corrected chi connectivity index (χ1v) is 6.12. The van der Waals surface area contributed by atoms with Crippen molar-refractivity contribution in [3.8, 4) is 0 Å². The second-order valence-electron chi connectivity index (χ2n) is 3.06. The Kier molecular flexibility index (Phi) is 8.12. The zero-order valence-corrected chi connectivity index (χ0v) is 11.2. The van der Waals surface area contributed by atoms with Crippen molar-refractivity contribution in [2.45, 2.75) is 25.2 Å². The van der Waals surface area contributed by atoms with Crippen LogP contribution in [0.25, 0.3) is 0 Å². The van der Waals surface area contributed by atoms with Gasteiger partial charge in [-0.15, -0.1) is 24.2 Å². The van der Waals surface area contributed by atoms with E-state index in [9.17, 15) is 4.79 Å². The quantitative estimate of drug-likeness (QED) is 0.600. The Hall–Kier alpha value is -0.670. The first kappa shape index (κ1) is 15.3. The van der Waals surface area contributed by atoms with Crippen LogP contribution < -0.4 is 0 Å². The van der Waals surface area contributed by atoms with Crippen LogP contribution in [-0.2, 0) is 16.0 Å². The predicted molar refractivity (Wildman–Crippen MR) is 70.4 cm³/mol. The fraction of sp³-hybridized carbons (Fsp3) is 0.417. The summed E-state index contributed by atoms with van der Waals surface area (Å²) in [5.74, 6) is 0.888. The molecule has 0 aliphatic carbocycles. The number of rotatable bonds is 5. The van der Waals surface area contributed by atoms with Crippen LogP contribution in [0.1, 0.15) is 19.4 Å². The number of carbonyl (C=O) groups excluding carboxylic acids is 1. The van der Waals surface area contributed by atoms with Crippen molar-refractivity contribution in [1.29, 1.82) is 0 Å². The van der Waals surface area contributed by atoms with Gasteiger partial charge >= 0.3 is 5.97 Å². The third-order valence-corrected chi connectivity index (χ3v) is 2.74. The predicted octanol–water partition coefficient (Wildman–Crippen LogP) is 3.33. The smallest absolute Gasteiger partial charge is 0.310 e. The normalized spacial score (nSPS) is 9.38. The second kappa shape index (κ2) is 8.48. The van der Waals surface area contributed by atoms with Crippen molar-refractivity contribution >= 4 is 30.1 Å². The molecule has 0 bridgehead atoms. The van der Waals surface area contributed by atoms with Gasteiger partial charge in [-0.05, 0) is 30.4 Å². The van der Waals surface area contributed by atoms with Gasteiger partial charge in [-0.3, -0.25) is 4.79 Å². The topological polar surface area (TPSA) is 26.3 Å². The Morgan fingerprint density at radius 1 is 1.38 bits per heavy atom. The zero-order valence-electron chi connectivity index (χ0n) is 9.56. The van der Waals surface area contributed by atoms with Crippen molar-refractivity contribution in [1.82, 2.24) is 0 Å². The molecule has 0 unspecified atom stereocenters. The summed E-state index contributed by atoms with van der Waals surface area (Å²) in [6.07, 6.45) is 0.367. The Bertz CT molecular complexity index is 329. The molecule has 4 heteroatoms. The number of ether oxygens (including phenoxy) is 1. The Balaban J connectivity index is 0.00000225. The summed E-state index contributed by atoms with van der Waals surface area (Å²) in [7, 11) is 0. The van der Waals surface area contributed by atoms with Gasteiger partial charge in [0.1, 0.15) is 0 Å². The molecular formula is C12H17ClO2S. The van der Waals surface area contributed by atoms with E-state index >= 15 is 0 Å². The van der Waals surface area contributed by atoms with E-state index in [1.807, 2.05) is 25.1 Å². The van der Waals surface area contributed by atoms with Crippen molar-refractivity contribution in [2.75, 3.05) is 12.4 Å². The van der Waals surface area contributed by atoms with Gasteiger partial charge in [-0.25, -0.2) is 0 Å². The molecule has 1 aromatic carbocycles. The highest BCUT2D eigenvalue weighted by molar-refractivity contribution is 7.99. The fourth-order valence-electron chi connectivity index (χ4n) is 1.29. The molecule has 0 aliphatic rings. The minimum absolute atomic E-state index is 0. The summed E-state index contributed by atoms with van der Waals surface area (Å²) in [4.78, 5) is 12.5. The van der Waals surface area contributed by atoms with E-state index in [1.54, 1.807) is 11.8 Å². The first-order valence-electron chi connectivity index (χ1n) is 5.13. The highest BCUT2D eigenvalue weighted by Crippen LogP contribution is 2.18. The summed E-state index contributed by atoms with van der Waals surface area (Å²) in [5.41, 5.74) is 1.02. The van der Waals surface area contributed by atoms with Crippen LogP contribution in [0.5, 0.6) is 0 Å². The van der Waals surface area contributed by atoms with Crippen molar-refractivity contribution in [2.24, 2.45) is 0 Å². The van der Waals surface area contributed by atoms with Gasteiger partial charge in [-0.1, -0.05) is 19.1 Å². The molecule has 0 saturated heterocycles. The number of halogens is 1. The number of benzene rings is 1.